The summed E-state index contributed by atoms with van der Waals surface area (Å²) in [6.07, 6.45) is 2.80. The van der Waals surface area contributed by atoms with E-state index in [1.165, 1.54) is 0 Å². The van der Waals surface area contributed by atoms with Crippen molar-refractivity contribution >= 4 is 16.6 Å². The van der Waals surface area contributed by atoms with Crippen LogP contribution in [0.15, 0.2) is 24.4 Å². The Labute approximate surface area is 110 Å². The first-order chi connectivity index (χ1) is 9.31. The Kier molecular flexibility index (Phi) is 2.29. The molecule has 5 heteroatoms. The maximum absolute atomic E-state index is 5.83. The van der Waals surface area contributed by atoms with Gasteiger partial charge < -0.3 is 20.5 Å². The first-order valence-corrected chi connectivity index (χ1v) is 6.52. The summed E-state index contributed by atoms with van der Waals surface area (Å²) < 4.78 is 11.2. The molecule has 19 heavy (non-hydrogen) atoms. The number of pyridine rings is 1. The van der Waals surface area contributed by atoms with Crippen LogP contribution in [0.3, 0.4) is 0 Å². The highest BCUT2D eigenvalue weighted by molar-refractivity contribution is 5.94. The fraction of sp³-hybridized carbons (Fsp3) is 0.357. The van der Waals surface area contributed by atoms with Crippen LogP contribution in [0.2, 0.25) is 0 Å². The Balaban J connectivity index is 1.80. The van der Waals surface area contributed by atoms with E-state index in [1.54, 1.807) is 6.20 Å². The molecule has 0 amide bonds. The quantitative estimate of drug-likeness (QED) is 0.853. The number of ether oxygens (including phenoxy) is 2. The van der Waals surface area contributed by atoms with Crippen molar-refractivity contribution in [1.82, 2.24) is 4.98 Å². The fourth-order valence-corrected chi connectivity index (χ4v) is 2.38. The van der Waals surface area contributed by atoms with E-state index in [2.05, 4.69) is 10.3 Å². The van der Waals surface area contributed by atoms with Crippen LogP contribution in [-0.2, 0) is 0 Å². The van der Waals surface area contributed by atoms with Gasteiger partial charge in [-0.2, -0.15) is 0 Å². The molecule has 1 aromatic heterocycles. The molecule has 2 aliphatic rings. The molecule has 1 aliphatic heterocycles. The van der Waals surface area contributed by atoms with Gasteiger partial charge in [0.25, 0.3) is 0 Å². The fourth-order valence-electron chi connectivity index (χ4n) is 2.38. The molecule has 2 atom stereocenters. The van der Waals surface area contributed by atoms with E-state index in [4.69, 9.17) is 15.2 Å². The van der Waals surface area contributed by atoms with Crippen molar-refractivity contribution in [3.05, 3.63) is 24.4 Å². The number of hydrogen-bond donors (Lipinski definition) is 2. The number of nitrogens with one attached hydrogen (secondary N) is 1. The summed E-state index contributed by atoms with van der Waals surface area (Å²) in [5.74, 6) is 2.46. The number of nitrogens with two attached hydrogens (primary N) is 1. The van der Waals surface area contributed by atoms with E-state index in [9.17, 15) is 0 Å². The second kappa shape index (κ2) is 3.99. The van der Waals surface area contributed by atoms with Gasteiger partial charge in [-0.25, -0.2) is 4.98 Å². The van der Waals surface area contributed by atoms with Crippen molar-refractivity contribution in [1.29, 1.82) is 0 Å². The topological polar surface area (TPSA) is 69.4 Å². The predicted octanol–water partition coefficient (Wildman–Crippen LogP) is 1.52. The highest BCUT2D eigenvalue weighted by Crippen LogP contribution is 2.37. The van der Waals surface area contributed by atoms with Gasteiger partial charge in [-0.15, -0.1) is 0 Å². The zero-order valence-electron chi connectivity index (χ0n) is 10.4. The molecule has 0 saturated heterocycles. The van der Waals surface area contributed by atoms with Crippen LogP contribution >= 0.6 is 0 Å². The first-order valence-electron chi connectivity index (χ1n) is 6.52. The van der Waals surface area contributed by atoms with Crippen LogP contribution < -0.4 is 20.5 Å². The molecule has 1 aliphatic carbocycles. The van der Waals surface area contributed by atoms with Crippen LogP contribution in [-0.4, -0.2) is 30.3 Å². The van der Waals surface area contributed by atoms with E-state index in [1.807, 2.05) is 18.2 Å². The summed E-state index contributed by atoms with van der Waals surface area (Å²) in [4.78, 5) is 4.41. The molecule has 0 bridgehead atoms. The van der Waals surface area contributed by atoms with Crippen molar-refractivity contribution in [3.63, 3.8) is 0 Å². The molecule has 1 aromatic carbocycles. The number of anilines is 1. The second-order valence-corrected chi connectivity index (χ2v) is 5.03. The minimum Gasteiger partial charge on any atom is -0.486 e. The van der Waals surface area contributed by atoms with Gasteiger partial charge in [0.1, 0.15) is 19.0 Å². The Hall–Kier alpha value is -2.01. The highest BCUT2D eigenvalue weighted by atomic mass is 16.6. The van der Waals surface area contributed by atoms with E-state index in [-0.39, 0.29) is 6.04 Å². The lowest BCUT2D eigenvalue weighted by Gasteiger charge is -2.19. The lowest BCUT2D eigenvalue weighted by molar-refractivity contribution is 0.172. The number of fused-ring (bicyclic) bond motifs is 2. The van der Waals surface area contributed by atoms with E-state index >= 15 is 0 Å². The summed E-state index contributed by atoms with van der Waals surface area (Å²) in [6, 6.07) is 6.56. The molecule has 1 fully saturated rings. The minimum atomic E-state index is 0.245. The minimum absolute atomic E-state index is 0.245. The zero-order chi connectivity index (χ0) is 12.8. The van der Waals surface area contributed by atoms with Crippen LogP contribution in [0, 0.1) is 0 Å². The molecule has 4 rings (SSSR count). The third-order valence-corrected chi connectivity index (χ3v) is 3.59. The average molecular weight is 257 g/mol. The van der Waals surface area contributed by atoms with Crippen molar-refractivity contribution < 1.29 is 9.47 Å². The number of aromatic nitrogens is 1. The molecule has 1 saturated carbocycles. The van der Waals surface area contributed by atoms with Crippen molar-refractivity contribution in [2.24, 2.45) is 5.73 Å². The van der Waals surface area contributed by atoms with Gasteiger partial charge in [0.05, 0.1) is 0 Å². The largest absolute Gasteiger partial charge is 0.486 e. The molecular formula is C14H15N3O2. The maximum Gasteiger partial charge on any atom is 0.162 e. The maximum atomic E-state index is 5.83. The Bertz CT molecular complexity index is 644. The van der Waals surface area contributed by atoms with Gasteiger partial charge in [0, 0.05) is 23.7 Å². The van der Waals surface area contributed by atoms with Crippen molar-refractivity contribution in [3.8, 4) is 11.5 Å². The summed E-state index contributed by atoms with van der Waals surface area (Å²) in [6.45, 7) is 1.20. The summed E-state index contributed by atoms with van der Waals surface area (Å²) in [7, 11) is 0. The van der Waals surface area contributed by atoms with Crippen LogP contribution in [0.4, 0.5) is 5.82 Å². The van der Waals surface area contributed by atoms with Gasteiger partial charge in [0.15, 0.2) is 11.5 Å². The van der Waals surface area contributed by atoms with Gasteiger partial charge in [-0.1, -0.05) is 0 Å². The van der Waals surface area contributed by atoms with E-state index < -0.39 is 0 Å². The zero-order valence-corrected chi connectivity index (χ0v) is 10.4. The standard InChI is InChI=1S/C14H15N3O2/c15-10-7-11(10)17-14-9-6-13-12(18-3-4-19-13)5-8(9)1-2-16-14/h1-2,5-6,10-11H,3-4,7,15H2,(H,16,17). The third-order valence-electron chi connectivity index (χ3n) is 3.59. The Morgan fingerprint density at radius 3 is 2.68 bits per heavy atom. The monoisotopic (exact) mass is 257 g/mol. The van der Waals surface area contributed by atoms with Gasteiger partial charge >= 0.3 is 0 Å². The van der Waals surface area contributed by atoms with Crippen molar-refractivity contribution in [2.45, 2.75) is 18.5 Å². The number of nitrogens with zero attached hydrogens (tertiary/aromatic N) is 1. The Morgan fingerprint density at radius 2 is 1.95 bits per heavy atom. The van der Waals surface area contributed by atoms with Crippen LogP contribution in [0.25, 0.3) is 10.8 Å². The average Bonchev–Trinajstić information content (AvgIpc) is 3.12. The van der Waals surface area contributed by atoms with Crippen molar-refractivity contribution in [2.75, 3.05) is 18.5 Å². The molecule has 5 nitrogen and oxygen atoms in total. The molecule has 98 valence electrons. The summed E-state index contributed by atoms with van der Waals surface area (Å²) >= 11 is 0. The normalized spacial score (nSPS) is 24.3. The molecule has 2 unspecified atom stereocenters. The smallest absolute Gasteiger partial charge is 0.162 e. The van der Waals surface area contributed by atoms with Gasteiger partial charge in [0.2, 0.25) is 0 Å². The van der Waals surface area contributed by atoms with Crippen LogP contribution in [0.1, 0.15) is 6.42 Å². The Morgan fingerprint density at radius 1 is 1.21 bits per heavy atom. The number of rotatable bonds is 2. The second-order valence-electron chi connectivity index (χ2n) is 5.03. The molecule has 2 aromatic rings. The van der Waals surface area contributed by atoms with Gasteiger partial charge in [-0.3, -0.25) is 0 Å². The van der Waals surface area contributed by atoms with Crippen LogP contribution in [0.5, 0.6) is 11.5 Å². The van der Waals surface area contributed by atoms with Gasteiger partial charge in [-0.05, 0) is 30.0 Å². The summed E-state index contributed by atoms with van der Waals surface area (Å²) in [5, 5.41) is 5.52. The SMILES string of the molecule is NC1CC1Nc1nccc2cc3c(cc12)OCCO3. The molecule has 2 heterocycles. The lowest BCUT2D eigenvalue weighted by Crippen LogP contribution is -2.16. The predicted molar refractivity (Wildman–Crippen MR) is 72.7 cm³/mol. The first kappa shape index (κ1) is 10.9. The molecule has 3 N–H and O–H groups in total. The number of hydrogen-bond acceptors (Lipinski definition) is 5. The lowest BCUT2D eigenvalue weighted by atomic mass is 10.1. The molecule has 0 radical (unpaired) electrons. The summed E-state index contributed by atoms with van der Waals surface area (Å²) in [5.41, 5.74) is 5.83. The molecular weight excluding hydrogens is 242 g/mol. The molecule has 0 spiro atoms. The third kappa shape index (κ3) is 1.86. The van der Waals surface area contributed by atoms with E-state index in [0.29, 0.717) is 19.3 Å². The highest BCUT2D eigenvalue weighted by Gasteiger charge is 2.33. The number of benzene rings is 1. The van der Waals surface area contributed by atoms with E-state index in [0.717, 1.165) is 34.5 Å².